The van der Waals surface area contributed by atoms with Gasteiger partial charge in [-0.05, 0) is 46.7 Å². The monoisotopic (exact) mass is 644 g/mol. The molecule has 6 bridgehead atoms. The zero-order valence-corrected chi connectivity index (χ0v) is 25.9. The summed E-state index contributed by atoms with van der Waals surface area (Å²) in [6, 6.07) is 25.3. The third kappa shape index (κ3) is 7.15. The van der Waals surface area contributed by atoms with Gasteiger partial charge in [0.2, 0.25) is 11.7 Å². The van der Waals surface area contributed by atoms with Crippen molar-refractivity contribution < 1.29 is 23.9 Å². The summed E-state index contributed by atoms with van der Waals surface area (Å²) in [6.45, 7) is 0.714. The fourth-order valence-corrected chi connectivity index (χ4v) is 5.67. The number of nitrogens with zero attached hydrogens (tertiary/aromatic N) is 6. The molecule has 13 nitrogen and oxygen atoms in total. The molecule has 1 fully saturated rings. The number of fused-ring (bicyclic) bond motifs is 7. The van der Waals surface area contributed by atoms with Gasteiger partial charge >= 0.3 is 0 Å². The Morgan fingerprint density at radius 2 is 1.69 bits per heavy atom. The van der Waals surface area contributed by atoms with Crippen molar-refractivity contribution in [2.75, 3.05) is 19.7 Å². The van der Waals surface area contributed by atoms with Crippen LogP contribution in [0, 0.1) is 0 Å². The van der Waals surface area contributed by atoms with Crippen molar-refractivity contribution in [2.45, 2.75) is 31.7 Å². The zero-order valence-electron chi connectivity index (χ0n) is 25.9. The van der Waals surface area contributed by atoms with Gasteiger partial charge in [-0.3, -0.25) is 19.4 Å². The summed E-state index contributed by atoms with van der Waals surface area (Å²) in [5, 5.41) is 18.5. The van der Waals surface area contributed by atoms with Gasteiger partial charge in [0.25, 0.3) is 11.8 Å². The molecular formula is C35H32N8O5. The normalized spacial score (nSPS) is 18.0. The first-order chi connectivity index (χ1) is 23.5. The van der Waals surface area contributed by atoms with Gasteiger partial charge in [-0.1, -0.05) is 54.6 Å². The van der Waals surface area contributed by atoms with Crippen molar-refractivity contribution in [2.24, 2.45) is 0 Å². The molecule has 0 unspecified atom stereocenters. The van der Waals surface area contributed by atoms with Crippen molar-refractivity contribution >= 4 is 17.7 Å². The quantitative estimate of drug-likeness (QED) is 0.302. The second-order valence-corrected chi connectivity index (χ2v) is 11.6. The van der Waals surface area contributed by atoms with E-state index in [9.17, 15) is 14.4 Å². The van der Waals surface area contributed by atoms with Gasteiger partial charge in [-0.2, -0.15) is 4.80 Å². The third-order valence-electron chi connectivity index (χ3n) is 8.22. The van der Waals surface area contributed by atoms with Crippen LogP contribution in [0.2, 0.25) is 0 Å². The highest BCUT2D eigenvalue weighted by Gasteiger charge is 2.35. The maximum atomic E-state index is 13.7. The lowest BCUT2D eigenvalue weighted by Gasteiger charge is -2.38. The number of hydrogen-bond acceptors (Lipinski definition) is 9. The van der Waals surface area contributed by atoms with Crippen LogP contribution >= 0.6 is 0 Å². The van der Waals surface area contributed by atoms with Gasteiger partial charge in [0.1, 0.15) is 24.1 Å². The van der Waals surface area contributed by atoms with Gasteiger partial charge < -0.3 is 25.0 Å². The van der Waals surface area contributed by atoms with E-state index in [2.05, 4.69) is 31.0 Å². The Bertz CT molecular complexity index is 1930. The Morgan fingerprint density at radius 1 is 0.875 bits per heavy atom. The average Bonchev–Trinajstić information content (AvgIpc) is 3.59. The first-order valence-corrected chi connectivity index (χ1v) is 15.6. The first kappa shape index (κ1) is 30.5. The highest BCUT2D eigenvalue weighted by molar-refractivity contribution is 5.95. The van der Waals surface area contributed by atoms with Crippen LogP contribution in [0.5, 0.6) is 11.5 Å². The summed E-state index contributed by atoms with van der Waals surface area (Å²) in [4.78, 5) is 46.9. The number of piperidine rings is 1. The molecule has 3 aliphatic heterocycles. The summed E-state index contributed by atoms with van der Waals surface area (Å²) >= 11 is 0. The lowest BCUT2D eigenvalue weighted by Crippen LogP contribution is -2.58. The Kier molecular flexibility index (Phi) is 8.72. The minimum atomic E-state index is -0.538. The van der Waals surface area contributed by atoms with E-state index in [1.165, 1.54) is 11.0 Å². The summed E-state index contributed by atoms with van der Waals surface area (Å²) < 4.78 is 12.1. The summed E-state index contributed by atoms with van der Waals surface area (Å²) in [7, 11) is 0. The molecule has 3 aromatic carbocycles. The number of ether oxygens (including phenoxy) is 2. The van der Waals surface area contributed by atoms with Crippen LogP contribution in [0.25, 0.3) is 22.5 Å². The number of aromatic nitrogens is 5. The van der Waals surface area contributed by atoms with Crippen LogP contribution in [-0.4, -0.2) is 79.7 Å². The average molecular weight is 645 g/mol. The van der Waals surface area contributed by atoms with Gasteiger partial charge in [-0.25, -0.2) is 0 Å². The maximum Gasteiger partial charge on any atom is 0.258 e. The molecule has 5 heterocycles. The minimum absolute atomic E-state index is 0.0984. The van der Waals surface area contributed by atoms with Crippen molar-refractivity contribution in [3.05, 3.63) is 108 Å². The van der Waals surface area contributed by atoms with Crippen molar-refractivity contribution in [3.63, 3.8) is 0 Å². The van der Waals surface area contributed by atoms with Crippen LogP contribution in [0.4, 0.5) is 0 Å². The predicted molar refractivity (Wildman–Crippen MR) is 174 cm³/mol. The number of benzene rings is 3. The summed E-state index contributed by atoms with van der Waals surface area (Å²) in [6.07, 6.45) is 3.20. The second-order valence-electron chi connectivity index (χ2n) is 11.6. The highest BCUT2D eigenvalue weighted by Crippen LogP contribution is 2.25. The molecular weight excluding hydrogens is 612 g/mol. The number of nitrogens with one attached hydrogen (secondary N) is 2. The maximum absolute atomic E-state index is 13.7. The molecule has 13 heteroatoms. The summed E-state index contributed by atoms with van der Waals surface area (Å²) in [5.41, 5.74) is 3.52. The SMILES string of the molecule is O=C1COc2cccc(c2)-c2cncc(c2)C(=O)N[C@@H]2CN(C(=O)Cn3nnc(-c4ccccc4)n3)CC[C@@H]2Oc2ccc(cc2)CN1. The van der Waals surface area contributed by atoms with Crippen molar-refractivity contribution in [1.29, 1.82) is 0 Å². The van der Waals surface area contributed by atoms with Crippen molar-refractivity contribution in [1.82, 2.24) is 40.7 Å². The Hall–Kier alpha value is -6.11. The highest BCUT2D eigenvalue weighted by atomic mass is 16.5. The second kappa shape index (κ2) is 13.7. The topological polar surface area (TPSA) is 153 Å². The molecule has 3 aliphatic rings. The number of carbonyl (C=O) groups is 3. The van der Waals surface area contributed by atoms with Crippen LogP contribution in [0.15, 0.2) is 97.3 Å². The molecule has 2 aromatic heterocycles. The number of tetrazole rings is 1. The summed E-state index contributed by atoms with van der Waals surface area (Å²) in [5.74, 6) is 0.742. The van der Waals surface area contributed by atoms with E-state index in [-0.39, 0.29) is 37.4 Å². The molecule has 0 spiro atoms. The molecule has 242 valence electrons. The lowest BCUT2D eigenvalue weighted by atomic mass is 10.0. The Balaban J connectivity index is 1.13. The molecule has 3 amide bonds. The van der Waals surface area contributed by atoms with Crippen LogP contribution in [0.3, 0.4) is 0 Å². The smallest absolute Gasteiger partial charge is 0.258 e. The van der Waals surface area contributed by atoms with Gasteiger partial charge in [0, 0.05) is 49.6 Å². The van der Waals surface area contributed by atoms with Gasteiger partial charge in [0.05, 0.1) is 11.6 Å². The molecule has 0 radical (unpaired) electrons. The molecule has 0 saturated carbocycles. The molecule has 2 atom stereocenters. The number of carbonyl (C=O) groups excluding carboxylic acids is 3. The van der Waals surface area contributed by atoms with E-state index in [4.69, 9.17) is 9.47 Å². The molecule has 48 heavy (non-hydrogen) atoms. The predicted octanol–water partition coefficient (Wildman–Crippen LogP) is 2.89. The minimum Gasteiger partial charge on any atom is -0.488 e. The van der Waals surface area contributed by atoms with Crippen molar-refractivity contribution in [3.8, 4) is 34.0 Å². The van der Waals surface area contributed by atoms with E-state index >= 15 is 0 Å². The molecule has 0 aliphatic carbocycles. The molecule has 5 aromatic rings. The number of rotatable bonds is 3. The number of likely N-dealkylation sites (tertiary alicyclic amines) is 1. The standard InChI is InChI=1S/C35H32N8O5/c44-32-22-47-29-8-4-7-25(16-29)26-15-27(19-36-18-26)35(46)38-30-20-42(14-13-31(30)48-28-11-9-23(10-12-28)17-37-32)33(45)21-43-40-34(39-41-43)24-5-2-1-3-6-24/h1-12,15-16,18-19,30-31H,13-14,17,20-22H2,(H,37,44)(H,38,46)/t30-,31+/m1/s1. The molecule has 2 N–H and O–H groups in total. The van der Waals surface area contributed by atoms with E-state index < -0.39 is 12.1 Å². The van der Waals surface area contributed by atoms with E-state index in [1.54, 1.807) is 29.3 Å². The van der Waals surface area contributed by atoms with E-state index in [0.29, 0.717) is 48.0 Å². The number of pyridine rings is 1. The fourth-order valence-electron chi connectivity index (χ4n) is 5.67. The Labute approximate surface area is 275 Å². The number of amides is 3. The van der Waals surface area contributed by atoms with E-state index in [0.717, 1.165) is 16.7 Å². The van der Waals surface area contributed by atoms with Crippen LogP contribution in [-0.2, 0) is 22.7 Å². The van der Waals surface area contributed by atoms with Gasteiger partial charge in [0.15, 0.2) is 6.61 Å². The molecule has 1 saturated heterocycles. The lowest BCUT2D eigenvalue weighted by molar-refractivity contribution is -0.134. The molecule has 8 rings (SSSR count). The van der Waals surface area contributed by atoms with Crippen LogP contribution < -0.4 is 20.1 Å². The first-order valence-electron chi connectivity index (χ1n) is 15.6. The van der Waals surface area contributed by atoms with E-state index in [1.807, 2.05) is 66.7 Å². The fraction of sp³-hybridized carbons (Fsp3) is 0.229. The number of hydrogen-bond donors (Lipinski definition) is 2. The zero-order chi connectivity index (χ0) is 32.9. The Morgan fingerprint density at radius 3 is 2.54 bits per heavy atom. The third-order valence-corrected chi connectivity index (χ3v) is 8.22. The van der Waals surface area contributed by atoms with Gasteiger partial charge in [-0.15, -0.1) is 10.2 Å². The van der Waals surface area contributed by atoms with Crippen LogP contribution in [0.1, 0.15) is 22.3 Å². The largest absolute Gasteiger partial charge is 0.488 e.